The van der Waals surface area contributed by atoms with E-state index in [-0.39, 0.29) is 5.88 Å². The smallest absolute Gasteiger partial charge is 0.233 e. The number of hydrogen-bond acceptors (Lipinski definition) is 6. The zero-order chi connectivity index (χ0) is 13.5. The molecule has 19 heavy (non-hydrogen) atoms. The van der Waals surface area contributed by atoms with Gasteiger partial charge in [-0.05, 0) is 31.2 Å². The fourth-order valence-electron chi connectivity index (χ4n) is 1.37. The van der Waals surface area contributed by atoms with Gasteiger partial charge in [0.25, 0.3) is 0 Å². The van der Waals surface area contributed by atoms with Gasteiger partial charge >= 0.3 is 0 Å². The lowest BCUT2D eigenvalue weighted by molar-refractivity contribution is 0.454. The molecule has 0 fully saturated rings. The van der Waals surface area contributed by atoms with Gasteiger partial charge in [0.15, 0.2) is 0 Å². The van der Waals surface area contributed by atoms with Crippen LogP contribution in [0.1, 0.15) is 11.3 Å². The third-order valence-electron chi connectivity index (χ3n) is 2.33. The van der Waals surface area contributed by atoms with Crippen molar-refractivity contribution in [2.45, 2.75) is 18.2 Å². The molecular formula is C13H15N3OS2. The Kier molecular flexibility index (Phi) is 5.35. The van der Waals surface area contributed by atoms with Crippen LogP contribution in [0, 0.1) is 6.92 Å². The second-order valence-corrected chi connectivity index (χ2v) is 6.21. The molecule has 1 N–H and O–H groups in total. The maximum atomic E-state index is 9.30. The van der Waals surface area contributed by atoms with E-state index in [9.17, 15) is 5.11 Å². The molecule has 0 atom stereocenters. The maximum absolute atomic E-state index is 9.30. The van der Waals surface area contributed by atoms with E-state index >= 15 is 0 Å². The predicted octanol–water partition coefficient (Wildman–Crippen LogP) is 4.42. The number of benzene rings is 1. The molecule has 1 aromatic carbocycles. The van der Waals surface area contributed by atoms with E-state index in [4.69, 9.17) is 0 Å². The van der Waals surface area contributed by atoms with E-state index in [2.05, 4.69) is 27.3 Å². The van der Waals surface area contributed by atoms with E-state index in [0.717, 1.165) is 17.1 Å². The van der Waals surface area contributed by atoms with Gasteiger partial charge in [-0.2, -0.15) is 10.1 Å². The Morgan fingerprint density at radius 2 is 2.11 bits per heavy atom. The third-order valence-corrected chi connectivity index (χ3v) is 4.27. The summed E-state index contributed by atoms with van der Waals surface area (Å²) >= 11 is 3.17. The minimum atomic E-state index is 0.0542. The van der Waals surface area contributed by atoms with E-state index in [0.29, 0.717) is 11.7 Å². The van der Waals surface area contributed by atoms with Crippen LogP contribution < -0.4 is 0 Å². The van der Waals surface area contributed by atoms with Crippen molar-refractivity contribution in [2.24, 2.45) is 10.2 Å². The summed E-state index contributed by atoms with van der Waals surface area (Å²) in [6, 6.07) is 10.3. The van der Waals surface area contributed by atoms with Gasteiger partial charge in [0.05, 0.1) is 11.4 Å². The van der Waals surface area contributed by atoms with Crippen LogP contribution in [-0.2, 0) is 0 Å². The lowest BCUT2D eigenvalue weighted by Crippen LogP contribution is -1.83. The summed E-state index contributed by atoms with van der Waals surface area (Å²) in [5.74, 6) is 1.07. The molecule has 6 heteroatoms. The minimum Gasteiger partial charge on any atom is -0.492 e. The molecule has 4 nitrogen and oxygen atoms in total. The molecule has 0 spiro atoms. The Morgan fingerprint density at radius 1 is 1.32 bits per heavy atom. The van der Waals surface area contributed by atoms with Gasteiger partial charge in [0.2, 0.25) is 11.0 Å². The van der Waals surface area contributed by atoms with Crippen LogP contribution in [0.5, 0.6) is 5.88 Å². The van der Waals surface area contributed by atoms with Crippen molar-refractivity contribution in [3.63, 3.8) is 0 Å². The first-order valence-electron chi connectivity index (χ1n) is 5.97. The average molecular weight is 293 g/mol. The molecule has 0 radical (unpaired) electrons. The molecule has 0 unspecified atom stereocenters. The predicted molar refractivity (Wildman–Crippen MR) is 79.7 cm³/mol. The second kappa shape index (κ2) is 7.25. The molecule has 0 aliphatic rings. The first-order chi connectivity index (χ1) is 9.25. The van der Waals surface area contributed by atoms with Gasteiger partial charge in [-0.3, -0.25) is 0 Å². The van der Waals surface area contributed by atoms with Crippen molar-refractivity contribution in [1.82, 2.24) is 4.98 Å². The molecule has 100 valence electrons. The Morgan fingerprint density at radius 3 is 2.79 bits per heavy atom. The maximum Gasteiger partial charge on any atom is 0.233 e. The van der Waals surface area contributed by atoms with E-state index in [1.807, 2.05) is 36.9 Å². The highest BCUT2D eigenvalue weighted by atomic mass is 32.2. The number of azo groups is 1. The van der Waals surface area contributed by atoms with Crippen molar-refractivity contribution >= 4 is 28.2 Å². The number of thioether (sulfide) groups is 1. The Labute approximate surface area is 120 Å². The monoisotopic (exact) mass is 293 g/mol. The normalized spacial score (nSPS) is 11.2. The molecule has 1 aromatic heterocycles. The van der Waals surface area contributed by atoms with Crippen LogP contribution in [0.3, 0.4) is 0 Å². The second-order valence-electron chi connectivity index (χ2n) is 3.86. The zero-order valence-corrected chi connectivity index (χ0v) is 12.2. The average Bonchev–Trinajstić information content (AvgIpc) is 2.74. The van der Waals surface area contributed by atoms with Crippen LogP contribution in [-0.4, -0.2) is 22.4 Å². The summed E-state index contributed by atoms with van der Waals surface area (Å²) < 4.78 is 0. The standard InChI is InChI=1S/C13H15N3OS2/c1-10-12(17)15-13(19-10)16-14-8-5-9-18-11-6-3-2-4-7-11/h2-4,6-7,17H,5,8-9H2,1H3. The van der Waals surface area contributed by atoms with Crippen molar-refractivity contribution in [3.05, 3.63) is 35.2 Å². The fraction of sp³-hybridized carbons (Fsp3) is 0.308. The number of thiazole rings is 1. The molecule has 0 bridgehead atoms. The molecule has 2 aromatic rings. The van der Waals surface area contributed by atoms with Gasteiger partial charge < -0.3 is 5.11 Å². The van der Waals surface area contributed by atoms with Crippen molar-refractivity contribution < 1.29 is 5.11 Å². The fourth-order valence-corrected chi connectivity index (χ4v) is 2.87. The van der Waals surface area contributed by atoms with E-state index in [1.54, 1.807) is 0 Å². The first-order valence-corrected chi connectivity index (χ1v) is 7.77. The highest BCUT2D eigenvalue weighted by molar-refractivity contribution is 7.99. The first kappa shape index (κ1) is 14.0. The number of hydrogen-bond donors (Lipinski definition) is 1. The lowest BCUT2D eigenvalue weighted by atomic mass is 10.4. The van der Waals surface area contributed by atoms with Crippen molar-refractivity contribution in [1.29, 1.82) is 0 Å². The molecular weight excluding hydrogens is 278 g/mol. The Bertz CT molecular complexity index is 521. The molecule has 0 aliphatic heterocycles. The van der Waals surface area contributed by atoms with Crippen LogP contribution in [0.4, 0.5) is 5.13 Å². The minimum absolute atomic E-state index is 0.0542. The molecule has 0 aliphatic carbocycles. The van der Waals surface area contributed by atoms with Crippen molar-refractivity contribution in [3.8, 4) is 5.88 Å². The number of rotatable bonds is 6. The highest BCUT2D eigenvalue weighted by Crippen LogP contribution is 2.28. The molecule has 0 saturated heterocycles. The van der Waals surface area contributed by atoms with Crippen LogP contribution in [0.25, 0.3) is 0 Å². The van der Waals surface area contributed by atoms with E-state index in [1.165, 1.54) is 16.2 Å². The lowest BCUT2D eigenvalue weighted by Gasteiger charge is -1.98. The zero-order valence-electron chi connectivity index (χ0n) is 10.6. The Hall–Kier alpha value is -1.40. The Balaban J connectivity index is 1.67. The van der Waals surface area contributed by atoms with Crippen LogP contribution >= 0.6 is 23.1 Å². The van der Waals surface area contributed by atoms with Gasteiger partial charge in [0.1, 0.15) is 0 Å². The quantitative estimate of drug-likeness (QED) is 0.487. The van der Waals surface area contributed by atoms with Crippen LogP contribution in [0.2, 0.25) is 0 Å². The third kappa shape index (κ3) is 4.65. The van der Waals surface area contributed by atoms with Gasteiger partial charge in [-0.15, -0.1) is 16.9 Å². The van der Waals surface area contributed by atoms with E-state index < -0.39 is 0 Å². The van der Waals surface area contributed by atoms with Gasteiger partial charge in [-0.25, -0.2) is 0 Å². The summed E-state index contributed by atoms with van der Waals surface area (Å²) in [6.07, 6.45) is 0.972. The molecule has 2 rings (SSSR count). The van der Waals surface area contributed by atoms with Crippen LogP contribution in [0.15, 0.2) is 45.5 Å². The summed E-state index contributed by atoms with van der Waals surface area (Å²) in [4.78, 5) is 5.93. The highest BCUT2D eigenvalue weighted by Gasteiger charge is 2.03. The largest absolute Gasteiger partial charge is 0.492 e. The summed E-state index contributed by atoms with van der Waals surface area (Å²) in [5, 5.41) is 17.9. The molecule has 1 heterocycles. The number of aromatic hydroxyl groups is 1. The number of nitrogens with zero attached hydrogens (tertiary/aromatic N) is 3. The summed E-state index contributed by atoms with van der Waals surface area (Å²) in [7, 11) is 0. The SMILES string of the molecule is Cc1sc(N=NCCCSc2ccccc2)nc1O. The molecule has 0 amide bonds. The summed E-state index contributed by atoms with van der Waals surface area (Å²) in [5.41, 5.74) is 0. The molecule has 0 saturated carbocycles. The number of aryl methyl sites for hydroxylation is 1. The van der Waals surface area contributed by atoms with Crippen molar-refractivity contribution in [2.75, 3.05) is 12.3 Å². The summed E-state index contributed by atoms with van der Waals surface area (Å²) in [6.45, 7) is 2.49. The topological polar surface area (TPSA) is 57.8 Å². The van der Waals surface area contributed by atoms with Gasteiger partial charge in [-0.1, -0.05) is 29.5 Å². The number of aromatic nitrogens is 1. The van der Waals surface area contributed by atoms with Gasteiger partial charge in [0, 0.05) is 4.90 Å².